The number of carbonyl (C=O) groups excluding carboxylic acids is 1. The van der Waals surface area contributed by atoms with Crippen molar-refractivity contribution in [2.75, 3.05) is 10.0 Å². The van der Waals surface area contributed by atoms with Gasteiger partial charge in [-0.25, -0.2) is 17.5 Å². The molecule has 4 rings (SSSR count). The van der Waals surface area contributed by atoms with E-state index in [2.05, 4.69) is 10.0 Å². The van der Waals surface area contributed by atoms with Crippen molar-refractivity contribution in [2.45, 2.75) is 18.7 Å². The van der Waals surface area contributed by atoms with Crippen LogP contribution in [0.2, 0.25) is 0 Å². The van der Waals surface area contributed by atoms with Crippen LogP contribution in [0.5, 0.6) is 0 Å². The number of hydrogen-bond acceptors (Lipinski definition) is 4. The molecule has 0 saturated heterocycles. The number of aryl methyl sites for hydroxylation is 1. The van der Waals surface area contributed by atoms with Gasteiger partial charge >= 0.3 is 0 Å². The van der Waals surface area contributed by atoms with Crippen LogP contribution in [0.25, 0.3) is 5.69 Å². The number of para-hydroxylation sites is 1. The SMILES string of the molecule is Cc1ccc(NC(=O)c2ccc(S(=O)(=O)Nc3c(C)n(C)n(-c4ccccc4)c3=O)cc2)c(F)c1. The Hall–Kier alpha value is -4.18. The molecule has 0 spiro atoms. The molecule has 0 atom stereocenters. The van der Waals surface area contributed by atoms with E-state index in [0.717, 1.165) is 0 Å². The highest BCUT2D eigenvalue weighted by Crippen LogP contribution is 2.20. The van der Waals surface area contributed by atoms with Crippen molar-refractivity contribution in [1.29, 1.82) is 0 Å². The number of benzene rings is 3. The number of nitrogens with zero attached hydrogens (tertiary/aromatic N) is 2. The molecule has 0 bridgehead atoms. The molecule has 4 aromatic rings. The van der Waals surface area contributed by atoms with E-state index in [1.807, 2.05) is 6.07 Å². The van der Waals surface area contributed by atoms with Crippen LogP contribution in [-0.4, -0.2) is 23.7 Å². The second-order valence-electron chi connectivity index (χ2n) is 8.00. The summed E-state index contributed by atoms with van der Waals surface area (Å²) in [5.74, 6) is -1.16. The molecule has 10 heteroatoms. The highest BCUT2D eigenvalue weighted by molar-refractivity contribution is 7.92. The van der Waals surface area contributed by atoms with Gasteiger partial charge in [-0.05, 0) is 67.9 Å². The lowest BCUT2D eigenvalue weighted by Gasteiger charge is -2.09. The van der Waals surface area contributed by atoms with E-state index in [0.29, 0.717) is 16.9 Å². The van der Waals surface area contributed by atoms with Gasteiger partial charge in [0.2, 0.25) is 0 Å². The lowest BCUT2D eigenvalue weighted by molar-refractivity contribution is 0.102. The van der Waals surface area contributed by atoms with Gasteiger partial charge in [-0.15, -0.1) is 0 Å². The van der Waals surface area contributed by atoms with E-state index in [-0.39, 0.29) is 21.8 Å². The van der Waals surface area contributed by atoms with Crippen molar-refractivity contribution in [1.82, 2.24) is 9.36 Å². The molecule has 0 fully saturated rings. The number of nitrogens with one attached hydrogen (secondary N) is 2. The molecule has 1 amide bonds. The molecule has 0 unspecified atom stereocenters. The Balaban J connectivity index is 1.57. The number of rotatable bonds is 6. The standard InChI is InChI=1S/C25H23FN4O4S/c1-16-9-14-22(21(26)15-16)27-24(31)18-10-12-20(13-11-18)35(33,34)28-23-17(2)29(3)30(25(23)32)19-7-5-4-6-8-19/h4-15,28H,1-3H3,(H,27,31). The summed E-state index contributed by atoms with van der Waals surface area (Å²) in [5.41, 5.74) is 1.31. The number of aromatic nitrogens is 2. The quantitative estimate of drug-likeness (QED) is 0.423. The molecule has 2 N–H and O–H groups in total. The Morgan fingerprint density at radius 2 is 1.60 bits per heavy atom. The Labute approximate surface area is 201 Å². The average Bonchev–Trinajstić information content (AvgIpc) is 3.04. The van der Waals surface area contributed by atoms with Crippen LogP contribution in [0.4, 0.5) is 15.8 Å². The number of amides is 1. The topological polar surface area (TPSA) is 102 Å². The Kier molecular flexibility index (Phi) is 6.31. The van der Waals surface area contributed by atoms with Crippen LogP contribution in [0, 0.1) is 19.7 Å². The van der Waals surface area contributed by atoms with E-state index < -0.39 is 27.3 Å². The minimum absolute atomic E-state index is 0.0215. The van der Waals surface area contributed by atoms with Crippen LogP contribution in [0.1, 0.15) is 21.6 Å². The zero-order valence-corrected chi connectivity index (χ0v) is 20.1. The third-order valence-electron chi connectivity index (χ3n) is 5.59. The van der Waals surface area contributed by atoms with Gasteiger partial charge < -0.3 is 5.32 Å². The Morgan fingerprint density at radius 3 is 2.23 bits per heavy atom. The fourth-order valence-corrected chi connectivity index (χ4v) is 4.70. The molecule has 0 aliphatic heterocycles. The Bertz CT molecular complexity index is 1570. The second-order valence-corrected chi connectivity index (χ2v) is 9.69. The summed E-state index contributed by atoms with van der Waals surface area (Å²) < 4.78 is 45.3. The minimum atomic E-state index is -4.13. The maximum absolute atomic E-state index is 14.0. The predicted molar refractivity (Wildman–Crippen MR) is 132 cm³/mol. The van der Waals surface area contributed by atoms with E-state index >= 15 is 0 Å². The fourth-order valence-electron chi connectivity index (χ4n) is 3.58. The van der Waals surface area contributed by atoms with E-state index in [1.54, 1.807) is 55.9 Å². The molecular formula is C25H23FN4O4S. The molecule has 0 aliphatic carbocycles. The molecule has 0 aliphatic rings. The number of hydrogen-bond donors (Lipinski definition) is 2. The first-order valence-electron chi connectivity index (χ1n) is 10.6. The largest absolute Gasteiger partial charge is 0.319 e. The van der Waals surface area contributed by atoms with Crippen molar-refractivity contribution >= 4 is 27.3 Å². The van der Waals surface area contributed by atoms with Crippen molar-refractivity contribution in [2.24, 2.45) is 7.05 Å². The molecule has 1 aromatic heterocycles. The van der Waals surface area contributed by atoms with Crippen LogP contribution < -0.4 is 15.6 Å². The van der Waals surface area contributed by atoms with Gasteiger partial charge in [0.05, 0.1) is 22.0 Å². The normalized spacial score (nSPS) is 11.3. The van der Waals surface area contributed by atoms with E-state index in [1.165, 1.54) is 41.1 Å². The highest BCUT2D eigenvalue weighted by Gasteiger charge is 2.23. The van der Waals surface area contributed by atoms with Crippen LogP contribution in [-0.2, 0) is 17.1 Å². The number of carbonyl (C=O) groups is 1. The summed E-state index contributed by atoms with van der Waals surface area (Å²) in [6.07, 6.45) is 0. The summed E-state index contributed by atoms with van der Waals surface area (Å²) in [7, 11) is -2.47. The average molecular weight is 495 g/mol. The molecule has 1 heterocycles. The first kappa shape index (κ1) is 24.0. The van der Waals surface area contributed by atoms with Crippen LogP contribution in [0.15, 0.2) is 82.5 Å². The molecular weight excluding hydrogens is 471 g/mol. The van der Waals surface area contributed by atoms with Crippen molar-refractivity contribution in [3.63, 3.8) is 0 Å². The molecule has 0 radical (unpaired) electrons. The third kappa shape index (κ3) is 4.73. The molecule has 180 valence electrons. The molecule has 35 heavy (non-hydrogen) atoms. The maximum Gasteiger partial charge on any atom is 0.296 e. The Morgan fingerprint density at radius 1 is 0.943 bits per heavy atom. The van der Waals surface area contributed by atoms with Crippen LogP contribution in [0.3, 0.4) is 0 Å². The zero-order valence-electron chi connectivity index (χ0n) is 19.2. The summed E-state index contributed by atoms with van der Waals surface area (Å²) in [6, 6.07) is 18.4. The maximum atomic E-state index is 14.0. The number of halogens is 1. The summed E-state index contributed by atoms with van der Waals surface area (Å²) >= 11 is 0. The first-order chi connectivity index (χ1) is 16.6. The van der Waals surface area contributed by atoms with Crippen molar-refractivity contribution in [3.8, 4) is 5.69 Å². The fraction of sp³-hybridized carbons (Fsp3) is 0.120. The third-order valence-corrected chi connectivity index (χ3v) is 6.96. The van der Waals surface area contributed by atoms with E-state index in [9.17, 15) is 22.4 Å². The van der Waals surface area contributed by atoms with Crippen LogP contribution >= 0.6 is 0 Å². The summed E-state index contributed by atoms with van der Waals surface area (Å²) in [5, 5.41) is 2.47. The number of sulfonamides is 1. The predicted octanol–water partition coefficient (Wildman–Crippen LogP) is 3.99. The van der Waals surface area contributed by atoms with Gasteiger partial charge in [0.15, 0.2) is 0 Å². The van der Waals surface area contributed by atoms with E-state index in [4.69, 9.17) is 0 Å². The number of anilines is 2. The van der Waals surface area contributed by atoms with Gasteiger partial charge in [-0.2, -0.15) is 0 Å². The molecule has 3 aromatic carbocycles. The molecule has 8 nitrogen and oxygen atoms in total. The monoisotopic (exact) mass is 494 g/mol. The van der Waals surface area contributed by atoms with Crippen molar-refractivity contribution in [3.05, 3.63) is 106 Å². The van der Waals surface area contributed by atoms with Gasteiger partial charge in [-0.3, -0.25) is 19.0 Å². The summed E-state index contributed by atoms with van der Waals surface area (Å²) in [6.45, 7) is 3.37. The lowest BCUT2D eigenvalue weighted by Crippen LogP contribution is -2.23. The van der Waals surface area contributed by atoms with Gasteiger partial charge in [0, 0.05) is 12.6 Å². The molecule has 0 saturated carbocycles. The lowest BCUT2D eigenvalue weighted by atomic mass is 10.2. The first-order valence-corrected chi connectivity index (χ1v) is 12.1. The zero-order chi connectivity index (χ0) is 25.3. The van der Waals surface area contributed by atoms with Gasteiger partial charge in [0.25, 0.3) is 21.5 Å². The van der Waals surface area contributed by atoms with Gasteiger partial charge in [-0.1, -0.05) is 24.3 Å². The van der Waals surface area contributed by atoms with Crippen molar-refractivity contribution < 1.29 is 17.6 Å². The summed E-state index contributed by atoms with van der Waals surface area (Å²) in [4.78, 5) is 25.4. The smallest absolute Gasteiger partial charge is 0.296 e. The van der Waals surface area contributed by atoms with Gasteiger partial charge in [0.1, 0.15) is 11.5 Å². The second kappa shape index (κ2) is 9.22. The highest BCUT2D eigenvalue weighted by atomic mass is 32.2. The minimum Gasteiger partial charge on any atom is -0.319 e.